The van der Waals surface area contributed by atoms with Crippen LogP contribution in [0.2, 0.25) is 0 Å². The number of rotatable bonds is 3. The molecule has 0 aromatic rings. The van der Waals surface area contributed by atoms with Gasteiger partial charge in [0.2, 0.25) is 0 Å². The number of nitrogens with one attached hydrogen (secondary N) is 1. The Morgan fingerprint density at radius 2 is 2.08 bits per heavy atom. The van der Waals surface area contributed by atoms with Gasteiger partial charge in [0.15, 0.2) is 0 Å². The second-order valence-electron chi connectivity index (χ2n) is 2.38. The van der Waals surface area contributed by atoms with E-state index in [0.29, 0.717) is 6.42 Å². The highest BCUT2D eigenvalue weighted by Crippen LogP contribution is 2.13. The van der Waals surface area contributed by atoms with Crippen LogP contribution in [0, 0.1) is 0 Å². The first-order valence-electron chi connectivity index (χ1n) is 3.48. The minimum Gasteiger partial charge on any atom is -0.347 e. The van der Waals surface area contributed by atoms with E-state index in [1.165, 1.54) is 0 Å². The summed E-state index contributed by atoms with van der Waals surface area (Å²) in [6, 6.07) is -0.420. The third kappa shape index (κ3) is 4.17. The number of nitrogens with two attached hydrogens (primary N) is 1. The summed E-state index contributed by atoms with van der Waals surface area (Å²) in [5, 5.41) is 1.68. The maximum atomic E-state index is 11.6. The highest BCUT2D eigenvalue weighted by Gasteiger charge is 2.38. The number of carbonyl (C=O) groups excluding carboxylic acids is 1. The number of hydrogen-bond acceptors (Lipinski definition) is 2. The highest BCUT2D eigenvalue weighted by atomic mass is 19.4. The molecule has 0 spiro atoms. The first-order valence-corrected chi connectivity index (χ1v) is 3.48. The number of hydrogen-bond donors (Lipinski definition) is 2. The van der Waals surface area contributed by atoms with Crippen LogP contribution in [0.25, 0.3) is 0 Å². The van der Waals surface area contributed by atoms with Crippen molar-refractivity contribution >= 4 is 5.91 Å². The Morgan fingerprint density at radius 3 is 2.42 bits per heavy atom. The largest absolute Gasteiger partial charge is 0.471 e. The Kier molecular flexibility index (Phi) is 4.02. The zero-order chi connectivity index (χ0) is 9.78. The standard InChI is InChI=1S/C6H11F3N2O/c1-2-4(10)3-11-5(12)6(7,8)9/h4H,2-3,10H2,1H3,(H,11,12). The minimum atomic E-state index is -4.81. The zero-order valence-electron chi connectivity index (χ0n) is 6.61. The van der Waals surface area contributed by atoms with E-state index >= 15 is 0 Å². The summed E-state index contributed by atoms with van der Waals surface area (Å²) in [4.78, 5) is 10.2. The van der Waals surface area contributed by atoms with Gasteiger partial charge in [-0.1, -0.05) is 6.92 Å². The third-order valence-corrected chi connectivity index (χ3v) is 1.31. The monoisotopic (exact) mass is 184 g/mol. The summed E-state index contributed by atoms with van der Waals surface area (Å²) in [6.07, 6.45) is -4.29. The molecule has 12 heavy (non-hydrogen) atoms. The Balaban J connectivity index is 3.73. The topological polar surface area (TPSA) is 55.1 Å². The van der Waals surface area contributed by atoms with Gasteiger partial charge in [-0.2, -0.15) is 13.2 Å². The van der Waals surface area contributed by atoms with Gasteiger partial charge in [0.25, 0.3) is 0 Å². The quantitative estimate of drug-likeness (QED) is 0.667. The summed E-state index contributed by atoms with van der Waals surface area (Å²) in [7, 11) is 0. The van der Waals surface area contributed by atoms with Crippen LogP contribution in [0.1, 0.15) is 13.3 Å². The van der Waals surface area contributed by atoms with Crippen LogP contribution in [0.4, 0.5) is 13.2 Å². The lowest BCUT2D eigenvalue weighted by Gasteiger charge is -2.11. The summed E-state index contributed by atoms with van der Waals surface area (Å²) >= 11 is 0. The van der Waals surface area contributed by atoms with Crippen LogP contribution in [0.5, 0.6) is 0 Å². The van der Waals surface area contributed by atoms with Crippen molar-refractivity contribution in [3.63, 3.8) is 0 Å². The van der Waals surface area contributed by atoms with Gasteiger partial charge in [-0.25, -0.2) is 0 Å². The van der Waals surface area contributed by atoms with Gasteiger partial charge >= 0.3 is 12.1 Å². The third-order valence-electron chi connectivity index (χ3n) is 1.31. The van der Waals surface area contributed by atoms with Crippen molar-refractivity contribution in [2.24, 2.45) is 5.73 Å². The predicted octanol–water partition coefficient (Wildman–Crippen LogP) is 0.402. The maximum Gasteiger partial charge on any atom is 0.471 e. The van der Waals surface area contributed by atoms with Crippen molar-refractivity contribution in [3.8, 4) is 0 Å². The molecule has 0 bridgehead atoms. The van der Waals surface area contributed by atoms with Crippen molar-refractivity contribution in [1.82, 2.24) is 5.32 Å². The summed E-state index contributed by atoms with van der Waals surface area (Å²) in [5.74, 6) is -1.94. The molecule has 6 heteroatoms. The molecule has 1 atom stereocenters. The van der Waals surface area contributed by atoms with Gasteiger partial charge in [0.1, 0.15) is 0 Å². The van der Waals surface area contributed by atoms with E-state index < -0.39 is 18.1 Å². The molecule has 0 aliphatic carbocycles. The summed E-state index contributed by atoms with van der Waals surface area (Å²) in [5.41, 5.74) is 5.28. The molecule has 72 valence electrons. The lowest BCUT2D eigenvalue weighted by molar-refractivity contribution is -0.173. The van der Waals surface area contributed by atoms with E-state index in [1.807, 2.05) is 0 Å². The second kappa shape index (κ2) is 4.30. The Morgan fingerprint density at radius 1 is 1.58 bits per heavy atom. The van der Waals surface area contributed by atoms with Gasteiger partial charge in [-0.3, -0.25) is 4.79 Å². The molecule has 0 rings (SSSR count). The zero-order valence-corrected chi connectivity index (χ0v) is 6.61. The molecular formula is C6H11F3N2O. The van der Waals surface area contributed by atoms with Crippen LogP contribution in [0.15, 0.2) is 0 Å². The SMILES string of the molecule is CCC(N)CNC(=O)C(F)(F)F. The lowest BCUT2D eigenvalue weighted by Crippen LogP contribution is -2.43. The van der Waals surface area contributed by atoms with Crippen molar-refractivity contribution < 1.29 is 18.0 Å². The molecule has 0 saturated carbocycles. The molecule has 0 radical (unpaired) electrons. The number of amides is 1. The lowest BCUT2D eigenvalue weighted by atomic mass is 10.2. The van der Waals surface area contributed by atoms with E-state index in [9.17, 15) is 18.0 Å². The van der Waals surface area contributed by atoms with Crippen molar-refractivity contribution in [2.45, 2.75) is 25.6 Å². The molecule has 0 aliphatic rings. The number of halogens is 3. The molecule has 1 amide bonds. The fourth-order valence-electron chi connectivity index (χ4n) is 0.468. The molecule has 0 aromatic heterocycles. The number of carbonyl (C=O) groups is 1. The van der Waals surface area contributed by atoms with E-state index in [-0.39, 0.29) is 6.54 Å². The minimum absolute atomic E-state index is 0.144. The smallest absolute Gasteiger partial charge is 0.347 e. The van der Waals surface area contributed by atoms with Crippen LogP contribution in [0.3, 0.4) is 0 Å². The molecule has 3 nitrogen and oxygen atoms in total. The van der Waals surface area contributed by atoms with Crippen LogP contribution in [-0.2, 0) is 4.79 Å². The van der Waals surface area contributed by atoms with E-state index in [4.69, 9.17) is 5.73 Å². The Bertz CT molecular complexity index is 157. The fourth-order valence-corrected chi connectivity index (χ4v) is 0.468. The van der Waals surface area contributed by atoms with E-state index in [0.717, 1.165) is 0 Å². The van der Waals surface area contributed by atoms with Crippen LogP contribution < -0.4 is 11.1 Å². The average molecular weight is 184 g/mol. The van der Waals surface area contributed by atoms with Crippen LogP contribution >= 0.6 is 0 Å². The second-order valence-corrected chi connectivity index (χ2v) is 2.38. The molecule has 3 N–H and O–H groups in total. The van der Waals surface area contributed by atoms with Gasteiger partial charge in [-0.05, 0) is 6.42 Å². The molecule has 1 unspecified atom stereocenters. The molecule has 0 aromatic carbocycles. The van der Waals surface area contributed by atoms with E-state index in [2.05, 4.69) is 0 Å². The number of alkyl halides is 3. The summed E-state index contributed by atoms with van der Waals surface area (Å²) in [6.45, 7) is 1.58. The Labute approximate surface area is 68.1 Å². The molecule has 0 saturated heterocycles. The van der Waals surface area contributed by atoms with Gasteiger partial charge in [0.05, 0.1) is 0 Å². The molecule has 0 heterocycles. The van der Waals surface area contributed by atoms with Crippen molar-refractivity contribution in [2.75, 3.05) is 6.54 Å². The van der Waals surface area contributed by atoms with Gasteiger partial charge in [0, 0.05) is 12.6 Å². The summed E-state index contributed by atoms with van der Waals surface area (Å²) < 4.78 is 34.7. The van der Waals surface area contributed by atoms with Gasteiger partial charge < -0.3 is 11.1 Å². The van der Waals surface area contributed by atoms with Gasteiger partial charge in [-0.15, -0.1) is 0 Å². The normalized spacial score (nSPS) is 14.1. The fraction of sp³-hybridized carbons (Fsp3) is 0.833. The van der Waals surface area contributed by atoms with E-state index in [1.54, 1.807) is 12.2 Å². The first kappa shape index (κ1) is 11.2. The predicted molar refractivity (Wildman–Crippen MR) is 37.3 cm³/mol. The highest BCUT2D eigenvalue weighted by molar-refractivity contribution is 5.81. The van der Waals surface area contributed by atoms with Crippen molar-refractivity contribution in [1.29, 1.82) is 0 Å². The molecular weight excluding hydrogens is 173 g/mol. The average Bonchev–Trinajstić information content (AvgIpc) is 1.97. The Hall–Kier alpha value is -0.780. The molecule has 0 aliphatic heterocycles. The van der Waals surface area contributed by atoms with Crippen LogP contribution in [-0.4, -0.2) is 24.7 Å². The maximum absolute atomic E-state index is 11.6. The first-order chi connectivity index (χ1) is 5.38. The molecule has 0 fully saturated rings. The van der Waals surface area contributed by atoms with Crippen molar-refractivity contribution in [3.05, 3.63) is 0 Å².